The minimum atomic E-state index is -3.13. The van der Waals surface area contributed by atoms with Gasteiger partial charge < -0.3 is 10.1 Å². The second kappa shape index (κ2) is 8.89. The molecule has 19 heavy (non-hydrogen) atoms. The van der Waals surface area contributed by atoms with Crippen molar-refractivity contribution in [2.45, 2.75) is 45.6 Å². The lowest BCUT2D eigenvalue weighted by molar-refractivity contribution is 0.129. The van der Waals surface area contributed by atoms with Gasteiger partial charge in [-0.3, -0.25) is 0 Å². The summed E-state index contributed by atoms with van der Waals surface area (Å²) < 4.78 is 31.3. The Balaban J connectivity index is 1.93. The van der Waals surface area contributed by atoms with Crippen LogP contribution in [0.3, 0.4) is 0 Å². The van der Waals surface area contributed by atoms with Gasteiger partial charge in [0.05, 0.1) is 12.4 Å². The van der Waals surface area contributed by atoms with E-state index < -0.39 is 10.0 Å². The lowest BCUT2D eigenvalue weighted by Crippen LogP contribution is -2.30. The van der Waals surface area contributed by atoms with Crippen molar-refractivity contribution in [1.29, 1.82) is 0 Å². The Morgan fingerprint density at radius 2 is 1.95 bits per heavy atom. The molecule has 0 bridgehead atoms. The molecule has 0 amide bonds. The average Bonchev–Trinajstić information content (AvgIpc) is 3.11. The number of ether oxygens (including phenoxy) is 1. The minimum Gasteiger partial charge on any atom is -0.380 e. The molecule has 1 aliphatic rings. The largest absolute Gasteiger partial charge is 0.380 e. The van der Waals surface area contributed by atoms with Gasteiger partial charge in [0.1, 0.15) is 0 Å². The number of rotatable bonds is 12. The van der Waals surface area contributed by atoms with Crippen LogP contribution in [0.2, 0.25) is 0 Å². The molecular formula is C13H28N2O3S. The first-order valence-corrected chi connectivity index (χ1v) is 8.93. The van der Waals surface area contributed by atoms with Crippen LogP contribution >= 0.6 is 0 Å². The summed E-state index contributed by atoms with van der Waals surface area (Å²) >= 11 is 0. The first-order chi connectivity index (χ1) is 8.99. The molecule has 0 aliphatic heterocycles. The number of hydrogen-bond donors (Lipinski definition) is 2. The predicted molar refractivity (Wildman–Crippen MR) is 77.7 cm³/mol. The zero-order chi connectivity index (χ0) is 14.1. The highest BCUT2D eigenvalue weighted by atomic mass is 32.2. The Bertz CT molecular complexity index is 309. The minimum absolute atomic E-state index is 0.204. The van der Waals surface area contributed by atoms with E-state index in [9.17, 15) is 8.42 Å². The lowest BCUT2D eigenvalue weighted by atomic mass is 10.3. The standard InChI is InChI=1S/C13H28N2O3S/c1-12(2)14-7-3-4-10-19(16,17)15-8-9-18-11-13-5-6-13/h12-15H,3-11H2,1-2H3. The Labute approximate surface area is 117 Å². The van der Waals surface area contributed by atoms with Crippen LogP contribution in [-0.4, -0.2) is 46.5 Å². The van der Waals surface area contributed by atoms with Crippen LogP contribution in [0.25, 0.3) is 0 Å². The average molecular weight is 292 g/mol. The van der Waals surface area contributed by atoms with Gasteiger partial charge in [-0.2, -0.15) is 0 Å². The molecule has 0 aromatic rings. The van der Waals surface area contributed by atoms with E-state index in [0.29, 0.717) is 25.6 Å². The molecule has 0 saturated heterocycles. The van der Waals surface area contributed by atoms with Crippen LogP contribution in [0.1, 0.15) is 39.5 Å². The number of nitrogens with one attached hydrogen (secondary N) is 2. The topological polar surface area (TPSA) is 67.4 Å². The molecule has 5 nitrogen and oxygen atoms in total. The summed E-state index contributed by atoms with van der Waals surface area (Å²) in [6.45, 7) is 6.68. The van der Waals surface area contributed by atoms with E-state index in [1.807, 2.05) is 0 Å². The van der Waals surface area contributed by atoms with Crippen molar-refractivity contribution >= 4 is 10.0 Å². The van der Waals surface area contributed by atoms with E-state index in [2.05, 4.69) is 23.9 Å². The molecule has 1 rings (SSSR count). The fourth-order valence-electron chi connectivity index (χ4n) is 1.68. The van der Waals surface area contributed by atoms with Crippen molar-refractivity contribution < 1.29 is 13.2 Å². The second-order valence-corrected chi connectivity index (χ2v) is 7.47. The fourth-order valence-corrected chi connectivity index (χ4v) is 2.81. The summed E-state index contributed by atoms with van der Waals surface area (Å²) in [4.78, 5) is 0. The third-order valence-corrected chi connectivity index (χ3v) is 4.48. The van der Waals surface area contributed by atoms with Gasteiger partial charge in [0.2, 0.25) is 10.0 Å². The van der Waals surface area contributed by atoms with E-state index in [4.69, 9.17) is 4.74 Å². The predicted octanol–water partition coefficient (Wildman–Crippen LogP) is 1.11. The molecule has 6 heteroatoms. The number of hydrogen-bond acceptors (Lipinski definition) is 4. The SMILES string of the molecule is CC(C)NCCCCS(=O)(=O)NCCOCC1CC1. The molecule has 0 radical (unpaired) electrons. The van der Waals surface area contributed by atoms with E-state index >= 15 is 0 Å². The van der Waals surface area contributed by atoms with Gasteiger partial charge in [-0.25, -0.2) is 13.1 Å². The van der Waals surface area contributed by atoms with Gasteiger partial charge in [0.15, 0.2) is 0 Å². The monoisotopic (exact) mass is 292 g/mol. The molecule has 0 aromatic carbocycles. The molecular weight excluding hydrogens is 264 g/mol. The summed E-state index contributed by atoms with van der Waals surface area (Å²) in [6.07, 6.45) is 4.10. The van der Waals surface area contributed by atoms with Crippen molar-refractivity contribution in [2.75, 3.05) is 32.1 Å². The van der Waals surface area contributed by atoms with Crippen molar-refractivity contribution in [3.63, 3.8) is 0 Å². The van der Waals surface area contributed by atoms with E-state index in [-0.39, 0.29) is 5.75 Å². The molecule has 0 spiro atoms. The van der Waals surface area contributed by atoms with Gasteiger partial charge in [-0.1, -0.05) is 13.8 Å². The first-order valence-electron chi connectivity index (χ1n) is 7.28. The lowest BCUT2D eigenvalue weighted by Gasteiger charge is -2.09. The van der Waals surface area contributed by atoms with Gasteiger partial charge in [0, 0.05) is 19.2 Å². The van der Waals surface area contributed by atoms with Gasteiger partial charge in [-0.05, 0) is 38.1 Å². The summed E-state index contributed by atoms with van der Waals surface area (Å²) in [6, 6.07) is 0.457. The van der Waals surface area contributed by atoms with Crippen molar-refractivity contribution in [2.24, 2.45) is 5.92 Å². The first kappa shape index (κ1) is 16.9. The highest BCUT2D eigenvalue weighted by Crippen LogP contribution is 2.28. The molecule has 1 saturated carbocycles. The quantitative estimate of drug-likeness (QED) is 0.529. The molecule has 0 unspecified atom stereocenters. The summed E-state index contributed by atoms with van der Waals surface area (Å²) in [5.41, 5.74) is 0. The van der Waals surface area contributed by atoms with Crippen molar-refractivity contribution in [3.05, 3.63) is 0 Å². The van der Waals surface area contributed by atoms with Crippen molar-refractivity contribution in [3.8, 4) is 0 Å². The summed E-state index contributed by atoms with van der Waals surface area (Å²) in [5.74, 6) is 0.931. The molecule has 2 N–H and O–H groups in total. The molecule has 1 aliphatic carbocycles. The van der Waals surface area contributed by atoms with Crippen LogP contribution in [-0.2, 0) is 14.8 Å². The highest BCUT2D eigenvalue weighted by molar-refractivity contribution is 7.89. The molecule has 0 aromatic heterocycles. The van der Waals surface area contributed by atoms with Crippen LogP contribution < -0.4 is 10.0 Å². The molecule has 0 heterocycles. The fraction of sp³-hybridized carbons (Fsp3) is 1.00. The third kappa shape index (κ3) is 10.3. The Kier molecular flexibility index (Phi) is 7.90. The van der Waals surface area contributed by atoms with E-state index in [1.165, 1.54) is 12.8 Å². The number of sulfonamides is 1. The summed E-state index contributed by atoms with van der Waals surface area (Å²) in [7, 11) is -3.13. The number of unbranched alkanes of at least 4 members (excludes halogenated alkanes) is 1. The van der Waals surface area contributed by atoms with Gasteiger partial charge in [0.25, 0.3) is 0 Å². The van der Waals surface area contributed by atoms with Crippen molar-refractivity contribution in [1.82, 2.24) is 10.0 Å². The van der Waals surface area contributed by atoms with E-state index in [0.717, 1.165) is 25.5 Å². The summed E-state index contributed by atoms with van der Waals surface area (Å²) in [5, 5.41) is 3.27. The molecule has 114 valence electrons. The Morgan fingerprint density at radius 1 is 1.21 bits per heavy atom. The smallest absolute Gasteiger partial charge is 0.211 e. The van der Waals surface area contributed by atoms with E-state index in [1.54, 1.807) is 0 Å². The third-order valence-electron chi connectivity index (χ3n) is 3.01. The zero-order valence-corrected chi connectivity index (χ0v) is 13.0. The zero-order valence-electron chi connectivity index (χ0n) is 12.2. The van der Waals surface area contributed by atoms with Crippen LogP contribution in [0, 0.1) is 5.92 Å². The maximum atomic E-state index is 11.6. The Morgan fingerprint density at radius 3 is 2.58 bits per heavy atom. The maximum absolute atomic E-state index is 11.6. The molecule has 0 atom stereocenters. The van der Waals surface area contributed by atoms with Gasteiger partial charge >= 0.3 is 0 Å². The highest BCUT2D eigenvalue weighted by Gasteiger charge is 2.21. The normalized spacial score (nSPS) is 16.2. The van der Waals surface area contributed by atoms with Crippen LogP contribution in [0.15, 0.2) is 0 Å². The molecule has 1 fully saturated rings. The Hall–Kier alpha value is -0.170. The van der Waals surface area contributed by atoms with Crippen LogP contribution in [0.4, 0.5) is 0 Å². The van der Waals surface area contributed by atoms with Gasteiger partial charge in [-0.15, -0.1) is 0 Å². The second-order valence-electron chi connectivity index (χ2n) is 5.55. The maximum Gasteiger partial charge on any atom is 0.211 e. The van der Waals surface area contributed by atoms with Crippen LogP contribution in [0.5, 0.6) is 0 Å².